The summed E-state index contributed by atoms with van der Waals surface area (Å²) in [6.07, 6.45) is -2.24. The number of amides is 4. The van der Waals surface area contributed by atoms with Gasteiger partial charge >= 0.3 is 5.97 Å². The van der Waals surface area contributed by atoms with E-state index < -0.39 is 66.3 Å². The molecule has 14 heteroatoms. The third-order valence-electron chi connectivity index (χ3n) is 5.82. The molecule has 40 heavy (non-hydrogen) atoms. The number of aliphatic carboxylic acids is 1. The summed E-state index contributed by atoms with van der Waals surface area (Å²) < 4.78 is 0. The van der Waals surface area contributed by atoms with Gasteiger partial charge in [0.15, 0.2) is 6.04 Å². The molecule has 0 saturated heterocycles. The molecule has 4 amide bonds. The predicted molar refractivity (Wildman–Crippen MR) is 141 cm³/mol. The summed E-state index contributed by atoms with van der Waals surface area (Å²) in [6.45, 7) is 1.13. The van der Waals surface area contributed by atoms with Crippen molar-refractivity contribution < 1.29 is 44.4 Å². The van der Waals surface area contributed by atoms with Crippen LogP contribution in [0.4, 0.5) is 0 Å². The van der Waals surface area contributed by atoms with Crippen LogP contribution in [0.3, 0.4) is 0 Å². The average Bonchev–Trinajstić information content (AvgIpc) is 2.88. The highest BCUT2D eigenvalue weighted by Crippen LogP contribution is 2.13. The molecular formula is C26H33N5O9. The number of carbonyl (C=O) groups is 5. The first-order valence-corrected chi connectivity index (χ1v) is 12.2. The summed E-state index contributed by atoms with van der Waals surface area (Å²) in [7, 11) is 0. The molecule has 0 heterocycles. The Kier molecular flexibility index (Phi) is 11.4. The van der Waals surface area contributed by atoms with E-state index in [2.05, 4.69) is 10.6 Å². The van der Waals surface area contributed by atoms with E-state index in [0.29, 0.717) is 11.1 Å². The van der Waals surface area contributed by atoms with Crippen LogP contribution in [-0.4, -0.2) is 80.3 Å². The second-order valence-corrected chi connectivity index (χ2v) is 9.21. The number of phenols is 2. The Bertz CT molecular complexity index is 1200. The molecule has 0 aliphatic carbocycles. The fourth-order valence-corrected chi connectivity index (χ4v) is 3.66. The van der Waals surface area contributed by atoms with Crippen molar-refractivity contribution in [1.82, 2.24) is 16.0 Å². The maximum absolute atomic E-state index is 13.3. The van der Waals surface area contributed by atoms with Crippen LogP contribution in [0, 0.1) is 0 Å². The summed E-state index contributed by atoms with van der Waals surface area (Å²) in [6, 6.07) is 5.97. The second kappa shape index (κ2) is 14.5. The largest absolute Gasteiger partial charge is 0.508 e. The first-order valence-electron chi connectivity index (χ1n) is 12.2. The van der Waals surface area contributed by atoms with E-state index in [1.54, 1.807) is 12.1 Å². The topological polar surface area (TPSA) is 254 Å². The van der Waals surface area contributed by atoms with Gasteiger partial charge in [-0.15, -0.1) is 0 Å². The first kappa shape index (κ1) is 31.5. The van der Waals surface area contributed by atoms with Crippen molar-refractivity contribution in [3.05, 3.63) is 59.7 Å². The van der Waals surface area contributed by atoms with Crippen molar-refractivity contribution in [1.29, 1.82) is 0 Å². The molecule has 0 fully saturated rings. The number of rotatable bonds is 14. The van der Waals surface area contributed by atoms with Gasteiger partial charge in [0.1, 0.15) is 23.6 Å². The molecule has 0 aromatic heterocycles. The van der Waals surface area contributed by atoms with Crippen molar-refractivity contribution in [2.45, 2.75) is 56.5 Å². The second-order valence-electron chi connectivity index (χ2n) is 9.21. The highest BCUT2D eigenvalue weighted by atomic mass is 16.4. The van der Waals surface area contributed by atoms with Gasteiger partial charge in [-0.1, -0.05) is 24.3 Å². The normalized spacial score (nSPS) is 14.6. The Morgan fingerprint density at radius 2 is 1.20 bits per heavy atom. The number of hydrogen-bond acceptors (Lipinski definition) is 9. The summed E-state index contributed by atoms with van der Waals surface area (Å²) in [5.41, 5.74) is 12.4. The molecule has 5 unspecified atom stereocenters. The van der Waals surface area contributed by atoms with Crippen molar-refractivity contribution in [3.63, 3.8) is 0 Å². The van der Waals surface area contributed by atoms with Gasteiger partial charge in [0.05, 0.1) is 18.6 Å². The zero-order valence-electron chi connectivity index (χ0n) is 21.6. The highest BCUT2D eigenvalue weighted by molar-refractivity contribution is 5.96. The predicted octanol–water partition coefficient (Wildman–Crippen LogP) is -1.99. The standard InChI is InChI=1S/C26H33N5O9/c1-13(32)22(26(39)40)31-25(38)20(12-21(28)35)30-24(37)19(11-15-4-8-17(34)9-5-15)29-23(36)18(27)10-14-2-6-16(33)7-3-14/h2-9,13,18-20,22,32-34H,10-12,27H2,1H3,(H2,28,35)(H,29,36)(H,30,37)(H,31,38)(H,39,40). The molecule has 11 N–H and O–H groups in total. The van der Waals surface area contributed by atoms with Crippen LogP contribution < -0.4 is 27.4 Å². The number of benzene rings is 2. The molecule has 2 rings (SSSR count). The third kappa shape index (κ3) is 9.89. The lowest BCUT2D eigenvalue weighted by Crippen LogP contribution is -2.59. The zero-order valence-corrected chi connectivity index (χ0v) is 21.6. The molecule has 216 valence electrons. The number of aliphatic hydroxyl groups excluding tert-OH is 1. The average molecular weight is 560 g/mol. The fraction of sp³-hybridized carbons (Fsp3) is 0.346. The quantitative estimate of drug-likeness (QED) is 0.123. The molecule has 2 aromatic rings. The molecule has 0 spiro atoms. The third-order valence-corrected chi connectivity index (χ3v) is 5.82. The van der Waals surface area contributed by atoms with E-state index in [0.717, 1.165) is 6.92 Å². The Hall–Kier alpha value is -4.69. The molecule has 2 aromatic carbocycles. The van der Waals surface area contributed by atoms with E-state index >= 15 is 0 Å². The van der Waals surface area contributed by atoms with Gasteiger partial charge in [0.25, 0.3) is 0 Å². The first-order chi connectivity index (χ1) is 18.8. The van der Waals surface area contributed by atoms with E-state index in [1.807, 2.05) is 5.32 Å². The number of nitrogens with two attached hydrogens (primary N) is 2. The Balaban J connectivity index is 2.25. The summed E-state index contributed by atoms with van der Waals surface area (Å²) in [4.78, 5) is 61.9. The van der Waals surface area contributed by atoms with Crippen molar-refractivity contribution >= 4 is 29.6 Å². The van der Waals surface area contributed by atoms with Crippen LogP contribution in [0.2, 0.25) is 0 Å². The monoisotopic (exact) mass is 559 g/mol. The minimum absolute atomic E-state index is 0.0325. The number of nitrogens with one attached hydrogen (secondary N) is 3. The van der Waals surface area contributed by atoms with Crippen molar-refractivity contribution in [3.8, 4) is 11.5 Å². The number of primary amides is 1. The van der Waals surface area contributed by atoms with Crippen LogP contribution >= 0.6 is 0 Å². The molecule has 0 saturated carbocycles. The summed E-state index contributed by atoms with van der Waals surface area (Å²) >= 11 is 0. The zero-order chi connectivity index (χ0) is 30.0. The SMILES string of the molecule is CC(O)C(NC(=O)C(CC(N)=O)NC(=O)C(Cc1ccc(O)cc1)NC(=O)C(N)Cc1ccc(O)cc1)C(=O)O. The number of phenolic OH excluding ortho intramolecular Hbond substituents is 2. The lowest BCUT2D eigenvalue weighted by molar-refractivity contribution is -0.145. The van der Waals surface area contributed by atoms with Gasteiger partial charge in [0, 0.05) is 6.42 Å². The van der Waals surface area contributed by atoms with E-state index in [9.17, 15) is 44.4 Å². The van der Waals surface area contributed by atoms with Gasteiger partial charge in [0.2, 0.25) is 23.6 Å². The van der Waals surface area contributed by atoms with Crippen LogP contribution in [0.25, 0.3) is 0 Å². The maximum atomic E-state index is 13.3. The number of aromatic hydroxyl groups is 2. The van der Waals surface area contributed by atoms with Crippen molar-refractivity contribution in [2.24, 2.45) is 11.5 Å². The number of carboxylic acid groups (broad SMARTS) is 1. The van der Waals surface area contributed by atoms with Gasteiger partial charge in [-0.2, -0.15) is 0 Å². The molecule has 5 atom stereocenters. The van der Waals surface area contributed by atoms with Gasteiger partial charge in [-0.05, 0) is 48.7 Å². The van der Waals surface area contributed by atoms with E-state index in [-0.39, 0.29) is 24.3 Å². The minimum Gasteiger partial charge on any atom is -0.508 e. The van der Waals surface area contributed by atoms with Gasteiger partial charge < -0.3 is 47.8 Å². The van der Waals surface area contributed by atoms with Crippen LogP contribution in [0.15, 0.2) is 48.5 Å². The lowest BCUT2D eigenvalue weighted by Gasteiger charge is -2.25. The molecule has 0 aliphatic heterocycles. The Labute approximate surface area is 229 Å². The highest BCUT2D eigenvalue weighted by Gasteiger charge is 2.32. The molecular weight excluding hydrogens is 526 g/mol. The molecule has 0 bridgehead atoms. The van der Waals surface area contributed by atoms with E-state index in [1.165, 1.54) is 36.4 Å². The number of hydrogen-bond donors (Lipinski definition) is 9. The smallest absolute Gasteiger partial charge is 0.328 e. The molecule has 0 radical (unpaired) electrons. The minimum atomic E-state index is -1.73. The molecule has 0 aliphatic rings. The van der Waals surface area contributed by atoms with Crippen molar-refractivity contribution in [2.75, 3.05) is 0 Å². The van der Waals surface area contributed by atoms with Gasteiger partial charge in [-0.3, -0.25) is 19.2 Å². The fourth-order valence-electron chi connectivity index (χ4n) is 3.66. The summed E-state index contributed by atoms with van der Waals surface area (Å²) in [5, 5.41) is 44.8. The van der Waals surface area contributed by atoms with E-state index in [4.69, 9.17) is 11.5 Å². The number of carbonyl (C=O) groups excluding carboxylic acids is 4. The Morgan fingerprint density at radius 3 is 1.65 bits per heavy atom. The molecule has 14 nitrogen and oxygen atoms in total. The summed E-state index contributed by atoms with van der Waals surface area (Å²) in [5.74, 6) is -5.27. The van der Waals surface area contributed by atoms with Crippen LogP contribution in [0.5, 0.6) is 11.5 Å². The van der Waals surface area contributed by atoms with Crippen LogP contribution in [0.1, 0.15) is 24.5 Å². The maximum Gasteiger partial charge on any atom is 0.328 e. The number of aliphatic hydroxyl groups is 1. The van der Waals surface area contributed by atoms with Crippen LogP contribution in [-0.2, 0) is 36.8 Å². The Morgan fingerprint density at radius 1 is 0.750 bits per heavy atom. The van der Waals surface area contributed by atoms with Gasteiger partial charge in [-0.25, -0.2) is 4.79 Å². The lowest BCUT2D eigenvalue weighted by atomic mass is 10.0. The number of carboxylic acids is 1.